The highest BCUT2D eigenvalue weighted by Crippen LogP contribution is 2.39. The number of nitrogens with one attached hydrogen (secondary N) is 1. The molecular weight excluding hydrogens is 277 g/mol. The maximum absolute atomic E-state index is 5.77. The summed E-state index contributed by atoms with van der Waals surface area (Å²) in [6.45, 7) is 2.09. The van der Waals surface area contributed by atoms with Crippen molar-refractivity contribution >= 4 is 22.6 Å². The van der Waals surface area contributed by atoms with Crippen molar-refractivity contribution in [1.82, 2.24) is 5.32 Å². The van der Waals surface area contributed by atoms with Crippen molar-refractivity contribution in [3.8, 4) is 5.75 Å². The molecule has 1 aromatic rings. The molecule has 70 valence electrons. The molecule has 1 aromatic carbocycles. The van der Waals surface area contributed by atoms with Gasteiger partial charge in [-0.05, 0) is 42.6 Å². The van der Waals surface area contributed by atoms with Gasteiger partial charge in [-0.3, -0.25) is 0 Å². The van der Waals surface area contributed by atoms with E-state index < -0.39 is 0 Å². The lowest BCUT2D eigenvalue weighted by Gasteiger charge is -2.12. The van der Waals surface area contributed by atoms with E-state index in [0.29, 0.717) is 6.04 Å². The molecular formula is C10H12INO. The first-order valence-electron chi connectivity index (χ1n) is 4.36. The second kappa shape index (κ2) is 3.46. The summed E-state index contributed by atoms with van der Waals surface area (Å²) >= 11 is 2.31. The van der Waals surface area contributed by atoms with Gasteiger partial charge in [0.2, 0.25) is 0 Å². The predicted octanol–water partition coefficient (Wildman–Crippen LogP) is 2.33. The van der Waals surface area contributed by atoms with Crippen LogP contribution in [-0.4, -0.2) is 13.2 Å². The Hall–Kier alpha value is -0.290. The summed E-state index contributed by atoms with van der Waals surface area (Å²) in [5.41, 5.74) is 1.28. The van der Waals surface area contributed by atoms with Gasteiger partial charge in [-0.15, -0.1) is 0 Å². The zero-order valence-corrected chi connectivity index (χ0v) is 9.83. The lowest BCUT2D eigenvalue weighted by Crippen LogP contribution is -2.25. The van der Waals surface area contributed by atoms with Crippen LogP contribution in [0.1, 0.15) is 18.5 Å². The van der Waals surface area contributed by atoms with Crippen molar-refractivity contribution in [3.63, 3.8) is 0 Å². The lowest BCUT2D eigenvalue weighted by molar-refractivity contribution is 0.213. The minimum atomic E-state index is 0.232. The number of ether oxygens (including phenoxy) is 1. The van der Waals surface area contributed by atoms with Gasteiger partial charge in [-0.25, -0.2) is 0 Å². The smallest absolute Gasteiger partial charge is 0.138 e. The van der Waals surface area contributed by atoms with Crippen molar-refractivity contribution in [2.75, 3.05) is 7.05 Å². The van der Waals surface area contributed by atoms with E-state index in [2.05, 4.69) is 53.0 Å². The molecule has 0 radical (unpaired) electrons. The Labute approximate surface area is 91.8 Å². The summed E-state index contributed by atoms with van der Waals surface area (Å²) in [4.78, 5) is 0. The van der Waals surface area contributed by atoms with E-state index in [1.165, 1.54) is 9.13 Å². The van der Waals surface area contributed by atoms with Gasteiger partial charge in [-0.2, -0.15) is 0 Å². The van der Waals surface area contributed by atoms with Gasteiger partial charge in [0.05, 0.1) is 9.61 Å². The van der Waals surface area contributed by atoms with E-state index in [1.54, 1.807) is 0 Å². The highest BCUT2D eigenvalue weighted by atomic mass is 127. The van der Waals surface area contributed by atoms with Gasteiger partial charge < -0.3 is 10.1 Å². The predicted molar refractivity (Wildman–Crippen MR) is 61.0 cm³/mol. The fourth-order valence-electron chi connectivity index (χ4n) is 1.79. The Morgan fingerprint density at radius 3 is 2.92 bits per heavy atom. The molecule has 0 aliphatic carbocycles. The summed E-state index contributed by atoms with van der Waals surface area (Å²) < 4.78 is 6.97. The second-order valence-corrected chi connectivity index (χ2v) is 4.41. The van der Waals surface area contributed by atoms with E-state index >= 15 is 0 Å². The average Bonchev–Trinajstić information content (AvgIpc) is 2.43. The maximum atomic E-state index is 5.77. The minimum Gasteiger partial charge on any atom is -0.487 e. The van der Waals surface area contributed by atoms with Crippen LogP contribution < -0.4 is 10.1 Å². The van der Waals surface area contributed by atoms with Crippen molar-refractivity contribution in [1.29, 1.82) is 0 Å². The zero-order valence-electron chi connectivity index (χ0n) is 7.67. The molecule has 2 nitrogen and oxygen atoms in total. The largest absolute Gasteiger partial charge is 0.487 e. The number of para-hydroxylation sites is 1. The zero-order chi connectivity index (χ0) is 9.42. The van der Waals surface area contributed by atoms with Gasteiger partial charge >= 0.3 is 0 Å². The van der Waals surface area contributed by atoms with E-state index in [-0.39, 0.29) is 6.10 Å². The molecule has 13 heavy (non-hydrogen) atoms. The first-order chi connectivity index (χ1) is 6.24. The Balaban J connectivity index is 2.48. The van der Waals surface area contributed by atoms with Crippen molar-refractivity contribution < 1.29 is 4.74 Å². The number of halogens is 1. The maximum Gasteiger partial charge on any atom is 0.138 e. The van der Waals surface area contributed by atoms with E-state index in [0.717, 1.165) is 5.75 Å². The average molecular weight is 289 g/mol. The number of likely N-dealkylation sites (N-methyl/N-ethyl adjacent to an activating group) is 1. The molecule has 0 saturated carbocycles. The van der Waals surface area contributed by atoms with E-state index in [4.69, 9.17) is 4.74 Å². The van der Waals surface area contributed by atoms with Crippen molar-refractivity contribution in [2.24, 2.45) is 0 Å². The van der Waals surface area contributed by atoms with Gasteiger partial charge in [0.1, 0.15) is 11.9 Å². The molecule has 0 amide bonds. The summed E-state index contributed by atoms with van der Waals surface area (Å²) in [6, 6.07) is 6.61. The molecule has 1 heterocycles. The molecule has 0 saturated heterocycles. The molecule has 2 atom stereocenters. The third-order valence-electron chi connectivity index (χ3n) is 2.42. The fourth-order valence-corrected chi connectivity index (χ4v) is 2.44. The van der Waals surface area contributed by atoms with Gasteiger partial charge in [0.15, 0.2) is 0 Å². The highest BCUT2D eigenvalue weighted by molar-refractivity contribution is 14.1. The number of benzene rings is 1. The van der Waals surface area contributed by atoms with Gasteiger partial charge in [0, 0.05) is 5.56 Å². The van der Waals surface area contributed by atoms with Crippen LogP contribution in [0.15, 0.2) is 18.2 Å². The highest BCUT2D eigenvalue weighted by Gasteiger charge is 2.30. The van der Waals surface area contributed by atoms with E-state index in [9.17, 15) is 0 Å². The fraction of sp³-hybridized carbons (Fsp3) is 0.400. The normalized spacial score (nSPS) is 25.5. The van der Waals surface area contributed by atoms with Crippen LogP contribution in [0.3, 0.4) is 0 Å². The number of hydrogen-bond donors (Lipinski definition) is 1. The first kappa shape index (κ1) is 9.27. The molecule has 1 aliphatic heterocycles. The SMILES string of the molecule is CNC1c2cccc(I)c2OC1C. The molecule has 0 spiro atoms. The number of rotatable bonds is 1. The summed E-state index contributed by atoms with van der Waals surface area (Å²) in [5.74, 6) is 1.05. The monoisotopic (exact) mass is 289 g/mol. The summed E-state index contributed by atoms with van der Waals surface area (Å²) in [6.07, 6.45) is 0.232. The molecule has 3 heteroatoms. The Kier molecular flexibility index (Phi) is 2.47. The standard InChI is InChI=1S/C10H12INO/c1-6-9(12-2)7-4-3-5-8(11)10(7)13-6/h3-6,9,12H,1-2H3. The minimum absolute atomic E-state index is 0.232. The second-order valence-electron chi connectivity index (χ2n) is 3.25. The van der Waals surface area contributed by atoms with Crippen molar-refractivity contribution in [3.05, 3.63) is 27.3 Å². The van der Waals surface area contributed by atoms with Crippen LogP contribution >= 0.6 is 22.6 Å². The van der Waals surface area contributed by atoms with E-state index in [1.807, 2.05) is 7.05 Å². The van der Waals surface area contributed by atoms with Crippen LogP contribution in [0.5, 0.6) is 5.75 Å². The van der Waals surface area contributed by atoms with Crippen LogP contribution in [0, 0.1) is 3.57 Å². The molecule has 0 fully saturated rings. The van der Waals surface area contributed by atoms with Gasteiger partial charge in [0.25, 0.3) is 0 Å². The Bertz CT molecular complexity index is 327. The molecule has 0 aromatic heterocycles. The quantitative estimate of drug-likeness (QED) is 0.801. The van der Waals surface area contributed by atoms with Gasteiger partial charge in [-0.1, -0.05) is 12.1 Å². The number of hydrogen-bond acceptors (Lipinski definition) is 2. The van der Waals surface area contributed by atoms with Crippen LogP contribution in [0.25, 0.3) is 0 Å². The molecule has 2 unspecified atom stereocenters. The van der Waals surface area contributed by atoms with Crippen LogP contribution in [-0.2, 0) is 0 Å². The molecule has 1 aliphatic rings. The first-order valence-corrected chi connectivity index (χ1v) is 5.44. The molecule has 2 rings (SSSR count). The Morgan fingerprint density at radius 1 is 1.46 bits per heavy atom. The lowest BCUT2D eigenvalue weighted by atomic mass is 10.1. The third kappa shape index (κ3) is 1.44. The summed E-state index contributed by atoms with van der Waals surface area (Å²) in [5, 5.41) is 3.27. The Morgan fingerprint density at radius 2 is 2.23 bits per heavy atom. The van der Waals surface area contributed by atoms with Crippen LogP contribution in [0.2, 0.25) is 0 Å². The number of fused-ring (bicyclic) bond motifs is 1. The van der Waals surface area contributed by atoms with Crippen molar-refractivity contribution in [2.45, 2.75) is 19.1 Å². The molecule has 1 N–H and O–H groups in total. The van der Waals surface area contributed by atoms with Crippen LogP contribution in [0.4, 0.5) is 0 Å². The third-order valence-corrected chi connectivity index (χ3v) is 3.27. The topological polar surface area (TPSA) is 21.3 Å². The summed E-state index contributed by atoms with van der Waals surface area (Å²) in [7, 11) is 1.97. The molecule has 0 bridgehead atoms.